The highest BCUT2D eigenvalue weighted by Crippen LogP contribution is 2.70. The fourth-order valence-corrected chi connectivity index (χ4v) is 11.1. The maximum Gasteiger partial charge on any atom is 0.186 e. The molecule has 6 fully saturated rings. The van der Waals surface area contributed by atoms with Crippen molar-refractivity contribution in [3.05, 3.63) is 11.6 Å². The third-order valence-electron chi connectivity index (χ3n) is 13.5. The van der Waals surface area contributed by atoms with Crippen LogP contribution in [0.4, 0.5) is 0 Å². The molecule has 232 valence electrons. The van der Waals surface area contributed by atoms with Gasteiger partial charge in [-0.1, -0.05) is 39.3 Å². The van der Waals surface area contributed by atoms with E-state index in [4.69, 9.17) is 18.9 Å². The fraction of sp³-hybridized carbons (Fsp3) is 0.939. The van der Waals surface area contributed by atoms with Crippen LogP contribution in [0.3, 0.4) is 0 Å². The standard InChI is InChI=1S/C33H52O8/c1-17-7-12-33(38-16-17)18(2)26-24(41-33)14-23-21-6-5-19-13-20(8-10-31(19,3)22(21)9-11-32(23,26)4)39-30-29(37)28(36)27(35)25(15-34)40-30/h5,17-18,20-30,34-37H,6-16H2,1-4H3/t17-,18?,20-,21?,22?,23?,24?,25+,26?,27+,28-,29+,30+,31-,32-,33?/m0/s1. The maximum atomic E-state index is 10.5. The SMILES string of the molecule is CC1C2C(CC3C4CC=C5C[C@@H](O[C@@H]6O[C@H](CO)[C@@H](O)[C@H](O)[C@H]6O)CC[C@]5(C)C4CC[C@@]32C)OC12CC[C@H](C)CO2. The summed E-state index contributed by atoms with van der Waals surface area (Å²) in [7, 11) is 0. The van der Waals surface area contributed by atoms with E-state index in [2.05, 4.69) is 33.8 Å². The molecule has 4 N–H and O–H groups in total. The molecule has 0 bridgehead atoms. The van der Waals surface area contributed by atoms with E-state index in [1.54, 1.807) is 0 Å². The molecule has 3 saturated carbocycles. The number of allylic oxidation sites excluding steroid dienone is 1. The van der Waals surface area contributed by atoms with Gasteiger partial charge in [-0.2, -0.15) is 0 Å². The molecule has 16 atom stereocenters. The Morgan fingerprint density at radius 2 is 1.78 bits per heavy atom. The summed E-state index contributed by atoms with van der Waals surface area (Å²) in [6.45, 7) is 10.1. The molecule has 3 heterocycles. The van der Waals surface area contributed by atoms with Crippen molar-refractivity contribution < 1.29 is 39.4 Å². The molecule has 7 unspecified atom stereocenters. The minimum Gasteiger partial charge on any atom is -0.394 e. The quantitative estimate of drug-likeness (QED) is 0.377. The second-order valence-electron chi connectivity index (χ2n) is 15.5. The average Bonchev–Trinajstić information content (AvgIpc) is 3.40. The van der Waals surface area contributed by atoms with Crippen molar-refractivity contribution in [2.24, 2.45) is 46.3 Å². The van der Waals surface area contributed by atoms with E-state index in [0.717, 1.165) is 45.1 Å². The number of hydrogen-bond donors (Lipinski definition) is 4. The van der Waals surface area contributed by atoms with Crippen LogP contribution < -0.4 is 0 Å². The highest BCUT2D eigenvalue weighted by atomic mass is 16.7. The smallest absolute Gasteiger partial charge is 0.186 e. The van der Waals surface area contributed by atoms with Crippen molar-refractivity contribution >= 4 is 0 Å². The van der Waals surface area contributed by atoms with Crippen LogP contribution in [-0.4, -0.2) is 82.3 Å². The number of ether oxygens (including phenoxy) is 4. The Hall–Kier alpha value is -0.580. The summed E-state index contributed by atoms with van der Waals surface area (Å²) in [5.74, 6) is 3.28. The first kappa shape index (κ1) is 29.1. The zero-order chi connectivity index (χ0) is 28.9. The molecule has 4 aliphatic carbocycles. The van der Waals surface area contributed by atoms with Crippen LogP contribution in [0.2, 0.25) is 0 Å². The molecule has 0 aromatic heterocycles. The normalized spacial score (nSPS) is 58.3. The first-order valence-corrected chi connectivity index (χ1v) is 16.5. The largest absolute Gasteiger partial charge is 0.394 e. The lowest BCUT2D eigenvalue weighted by molar-refractivity contribution is -0.313. The monoisotopic (exact) mass is 576 g/mol. The van der Waals surface area contributed by atoms with Gasteiger partial charge in [0.15, 0.2) is 12.1 Å². The van der Waals surface area contributed by atoms with Crippen molar-refractivity contribution in [1.82, 2.24) is 0 Å². The number of hydrogen-bond acceptors (Lipinski definition) is 8. The summed E-state index contributed by atoms with van der Waals surface area (Å²) in [4.78, 5) is 0. The Labute approximate surface area is 244 Å². The first-order valence-electron chi connectivity index (χ1n) is 16.5. The maximum absolute atomic E-state index is 10.5. The van der Waals surface area contributed by atoms with Gasteiger partial charge in [-0.25, -0.2) is 0 Å². The van der Waals surface area contributed by atoms with Crippen LogP contribution >= 0.6 is 0 Å². The van der Waals surface area contributed by atoms with E-state index >= 15 is 0 Å². The highest BCUT2D eigenvalue weighted by molar-refractivity contribution is 5.26. The van der Waals surface area contributed by atoms with Crippen LogP contribution in [0.25, 0.3) is 0 Å². The highest BCUT2D eigenvalue weighted by Gasteiger charge is 2.68. The Kier molecular flexibility index (Phi) is 7.27. The van der Waals surface area contributed by atoms with E-state index in [1.807, 2.05) is 0 Å². The summed E-state index contributed by atoms with van der Waals surface area (Å²) < 4.78 is 25.3. The van der Waals surface area contributed by atoms with Crippen molar-refractivity contribution in [3.63, 3.8) is 0 Å². The molecule has 0 aromatic carbocycles. The number of aliphatic hydroxyl groups excluding tert-OH is 4. The molecule has 0 radical (unpaired) electrons. The Balaban J connectivity index is 1.05. The lowest BCUT2D eigenvalue weighted by atomic mass is 9.47. The lowest BCUT2D eigenvalue weighted by Gasteiger charge is -2.58. The van der Waals surface area contributed by atoms with E-state index in [-0.39, 0.29) is 17.3 Å². The van der Waals surface area contributed by atoms with Gasteiger partial charge in [0.25, 0.3) is 0 Å². The predicted molar refractivity (Wildman–Crippen MR) is 150 cm³/mol. The molecule has 0 amide bonds. The summed E-state index contributed by atoms with van der Waals surface area (Å²) >= 11 is 0. The number of fused-ring (bicyclic) bond motifs is 7. The fourth-order valence-electron chi connectivity index (χ4n) is 11.1. The number of rotatable bonds is 3. The van der Waals surface area contributed by atoms with E-state index in [9.17, 15) is 20.4 Å². The second kappa shape index (κ2) is 10.2. The van der Waals surface area contributed by atoms with Crippen LogP contribution in [-0.2, 0) is 18.9 Å². The molecule has 3 aliphatic heterocycles. The van der Waals surface area contributed by atoms with E-state index in [0.29, 0.717) is 47.0 Å². The van der Waals surface area contributed by atoms with Crippen LogP contribution in [0, 0.1) is 46.3 Å². The Morgan fingerprint density at radius 3 is 2.51 bits per heavy atom. The van der Waals surface area contributed by atoms with Crippen molar-refractivity contribution in [2.45, 2.75) is 134 Å². The zero-order valence-electron chi connectivity index (χ0n) is 25.3. The van der Waals surface area contributed by atoms with Gasteiger partial charge in [0.2, 0.25) is 0 Å². The summed E-state index contributed by atoms with van der Waals surface area (Å²) in [5, 5.41) is 40.4. The molecular formula is C33H52O8. The molecular weight excluding hydrogens is 524 g/mol. The summed E-state index contributed by atoms with van der Waals surface area (Å²) in [6.07, 6.45) is 6.24. The van der Waals surface area contributed by atoms with E-state index in [1.165, 1.54) is 24.8 Å². The van der Waals surface area contributed by atoms with Crippen molar-refractivity contribution in [2.75, 3.05) is 13.2 Å². The average molecular weight is 577 g/mol. The van der Waals surface area contributed by atoms with Gasteiger partial charge in [0.1, 0.15) is 24.4 Å². The molecule has 1 spiro atoms. The van der Waals surface area contributed by atoms with Gasteiger partial charge in [-0.05, 0) is 91.8 Å². The topological polar surface area (TPSA) is 118 Å². The van der Waals surface area contributed by atoms with Crippen molar-refractivity contribution in [1.29, 1.82) is 0 Å². The second-order valence-corrected chi connectivity index (χ2v) is 15.5. The third kappa shape index (κ3) is 4.29. The van der Waals surface area contributed by atoms with Crippen LogP contribution in [0.15, 0.2) is 11.6 Å². The first-order chi connectivity index (χ1) is 19.5. The third-order valence-corrected chi connectivity index (χ3v) is 13.5. The minimum absolute atomic E-state index is 0.129. The van der Waals surface area contributed by atoms with Gasteiger partial charge in [-0.3, -0.25) is 0 Å². The molecule has 7 rings (SSSR count). The molecule has 0 aromatic rings. The molecule has 3 saturated heterocycles. The lowest BCUT2D eigenvalue weighted by Crippen LogP contribution is -2.60. The van der Waals surface area contributed by atoms with Gasteiger partial charge < -0.3 is 39.4 Å². The minimum atomic E-state index is -1.41. The van der Waals surface area contributed by atoms with Gasteiger partial charge in [0, 0.05) is 12.3 Å². The number of aliphatic hydroxyl groups is 4. The van der Waals surface area contributed by atoms with Gasteiger partial charge in [-0.15, -0.1) is 0 Å². The summed E-state index contributed by atoms with van der Waals surface area (Å²) in [6, 6.07) is 0. The molecule has 8 nitrogen and oxygen atoms in total. The van der Waals surface area contributed by atoms with Crippen molar-refractivity contribution in [3.8, 4) is 0 Å². The van der Waals surface area contributed by atoms with Crippen LogP contribution in [0.5, 0.6) is 0 Å². The Morgan fingerprint density at radius 1 is 0.976 bits per heavy atom. The molecule has 7 aliphatic rings. The van der Waals surface area contributed by atoms with Crippen LogP contribution in [0.1, 0.15) is 85.5 Å². The zero-order valence-corrected chi connectivity index (χ0v) is 25.3. The van der Waals surface area contributed by atoms with E-state index < -0.39 is 37.3 Å². The Bertz CT molecular complexity index is 1020. The molecule has 41 heavy (non-hydrogen) atoms. The van der Waals surface area contributed by atoms with Gasteiger partial charge >= 0.3 is 0 Å². The summed E-state index contributed by atoms with van der Waals surface area (Å²) in [5.41, 5.74) is 1.91. The van der Waals surface area contributed by atoms with Gasteiger partial charge in [0.05, 0.1) is 25.4 Å². The molecule has 8 heteroatoms. The predicted octanol–water partition coefficient (Wildman–Crippen LogP) is 3.54.